The van der Waals surface area contributed by atoms with E-state index in [0.29, 0.717) is 0 Å². The first kappa shape index (κ1) is 11.2. The summed E-state index contributed by atoms with van der Waals surface area (Å²) in [4.78, 5) is 9.90. The van der Waals surface area contributed by atoms with Crippen molar-refractivity contribution < 1.29 is 27.5 Å². The first-order valence-electron chi connectivity index (χ1n) is 2.91. The maximum atomic E-state index is 12.1. The van der Waals surface area contributed by atoms with Crippen molar-refractivity contribution in [1.82, 2.24) is 0 Å². The van der Waals surface area contributed by atoms with Crippen LogP contribution in [0.5, 0.6) is 0 Å². The molecule has 0 radical (unpaired) electrons. The fourth-order valence-corrected chi connectivity index (χ4v) is 0.470. The molecule has 72 valence electrons. The summed E-state index contributed by atoms with van der Waals surface area (Å²) in [5.41, 5.74) is 4.63. The minimum Gasteiger partial charge on any atom is -0.480 e. The van der Waals surface area contributed by atoms with Crippen LogP contribution >= 0.6 is 0 Å². The molecule has 0 aromatic heterocycles. The summed E-state index contributed by atoms with van der Waals surface area (Å²) < 4.78 is 47.0. The Hall–Kier alpha value is -0.850. The first-order valence-corrected chi connectivity index (χ1v) is 2.91. The highest BCUT2D eigenvalue weighted by molar-refractivity contribution is 5.73. The largest absolute Gasteiger partial charge is 0.480 e. The Morgan fingerprint density at radius 2 is 1.92 bits per heavy atom. The lowest BCUT2D eigenvalue weighted by molar-refractivity contribution is -0.152. The number of carboxylic acid groups (broad SMARTS) is 1. The van der Waals surface area contributed by atoms with Gasteiger partial charge in [0.1, 0.15) is 6.04 Å². The maximum Gasteiger partial charge on any atom is 0.320 e. The lowest BCUT2D eigenvalue weighted by atomic mass is 10.1. The quantitative estimate of drug-likeness (QED) is 0.639. The number of aliphatic carboxylic acids is 1. The van der Waals surface area contributed by atoms with Gasteiger partial charge in [-0.15, -0.1) is 0 Å². The predicted octanol–water partition coefficient (Wildman–Crippen LogP) is 0.689. The summed E-state index contributed by atoms with van der Waals surface area (Å²) >= 11 is 0. The average molecular weight is 189 g/mol. The zero-order chi connectivity index (χ0) is 9.94. The second kappa shape index (κ2) is 3.70. The van der Waals surface area contributed by atoms with E-state index in [1.54, 1.807) is 0 Å². The minimum atomic E-state index is -4.34. The average Bonchev–Trinajstić information content (AvgIpc) is 1.85. The number of hydrogen-bond acceptors (Lipinski definition) is 2. The molecular weight excluding hydrogens is 182 g/mol. The van der Waals surface area contributed by atoms with Gasteiger partial charge >= 0.3 is 18.3 Å². The monoisotopic (exact) mass is 189 g/mol. The zero-order valence-corrected chi connectivity index (χ0v) is 5.81. The van der Waals surface area contributed by atoms with Crippen LogP contribution in [0.3, 0.4) is 0 Å². The zero-order valence-electron chi connectivity index (χ0n) is 5.81. The van der Waals surface area contributed by atoms with Gasteiger partial charge in [0.2, 0.25) is 0 Å². The van der Waals surface area contributed by atoms with E-state index in [2.05, 4.69) is 5.73 Å². The van der Waals surface area contributed by atoms with E-state index < -0.39 is 30.8 Å². The van der Waals surface area contributed by atoms with Crippen LogP contribution in [0.4, 0.5) is 17.6 Å². The van der Waals surface area contributed by atoms with Gasteiger partial charge in [-0.05, 0) is 0 Å². The molecular formula is C5H7F4NO2. The molecule has 0 amide bonds. The lowest BCUT2D eigenvalue weighted by Crippen LogP contribution is -2.40. The minimum absolute atomic E-state index is 1.56. The van der Waals surface area contributed by atoms with Crippen molar-refractivity contribution in [3.8, 4) is 0 Å². The van der Waals surface area contributed by atoms with Crippen LogP contribution in [0, 0.1) is 0 Å². The fourth-order valence-electron chi connectivity index (χ4n) is 0.470. The Morgan fingerprint density at radius 1 is 1.50 bits per heavy atom. The highest BCUT2D eigenvalue weighted by Gasteiger charge is 2.43. The van der Waals surface area contributed by atoms with Crippen LogP contribution < -0.4 is 5.73 Å². The summed E-state index contributed by atoms with van der Waals surface area (Å²) in [6.07, 6.45) is -5.44. The molecule has 0 unspecified atom stereocenters. The van der Waals surface area contributed by atoms with Crippen molar-refractivity contribution in [2.75, 3.05) is 0 Å². The SMILES string of the molecule is N[C@H](CC(F)(F)C(F)F)C(=O)O. The molecule has 0 saturated carbocycles. The van der Waals surface area contributed by atoms with E-state index in [-0.39, 0.29) is 0 Å². The van der Waals surface area contributed by atoms with Crippen LogP contribution in [0.15, 0.2) is 0 Å². The van der Waals surface area contributed by atoms with E-state index in [4.69, 9.17) is 5.11 Å². The highest BCUT2D eigenvalue weighted by Crippen LogP contribution is 2.27. The molecule has 0 heterocycles. The molecule has 0 aromatic carbocycles. The van der Waals surface area contributed by atoms with Crippen LogP contribution in [-0.4, -0.2) is 29.5 Å². The summed E-state index contributed by atoms with van der Waals surface area (Å²) in [6.45, 7) is 0. The second-order valence-electron chi connectivity index (χ2n) is 2.21. The molecule has 0 aliphatic heterocycles. The number of carboxylic acids is 1. The van der Waals surface area contributed by atoms with Gasteiger partial charge in [-0.3, -0.25) is 4.79 Å². The molecule has 7 heteroatoms. The number of hydrogen-bond donors (Lipinski definition) is 2. The summed E-state index contributed by atoms with van der Waals surface area (Å²) in [7, 11) is 0. The Balaban J connectivity index is 4.15. The fraction of sp³-hybridized carbons (Fsp3) is 0.800. The molecule has 0 aliphatic rings. The van der Waals surface area contributed by atoms with Gasteiger partial charge in [0.25, 0.3) is 0 Å². The lowest BCUT2D eigenvalue weighted by Gasteiger charge is -2.16. The number of alkyl halides is 4. The molecule has 3 N–H and O–H groups in total. The van der Waals surface area contributed by atoms with Crippen LogP contribution in [0.2, 0.25) is 0 Å². The molecule has 0 spiro atoms. The Bertz CT molecular complexity index is 173. The molecule has 0 rings (SSSR count). The van der Waals surface area contributed by atoms with Gasteiger partial charge in [-0.1, -0.05) is 0 Å². The first-order chi connectivity index (χ1) is 5.27. The number of halogens is 4. The smallest absolute Gasteiger partial charge is 0.320 e. The van der Waals surface area contributed by atoms with Crippen molar-refractivity contribution >= 4 is 5.97 Å². The third-order valence-corrected chi connectivity index (χ3v) is 1.13. The van der Waals surface area contributed by atoms with E-state index in [0.717, 1.165) is 0 Å². The van der Waals surface area contributed by atoms with E-state index >= 15 is 0 Å². The molecule has 3 nitrogen and oxygen atoms in total. The molecule has 1 atom stereocenters. The summed E-state index contributed by atoms with van der Waals surface area (Å²) in [5.74, 6) is -6.06. The Labute approximate surface area is 65.2 Å². The third-order valence-electron chi connectivity index (χ3n) is 1.13. The van der Waals surface area contributed by atoms with Crippen molar-refractivity contribution in [1.29, 1.82) is 0 Å². The third kappa shape index (κ3) is 3.04. The van der Waals surface area contributed by atoms with Gasteiger partial charge in [0.15, 0.2) is 0 Å². The van der Waals surface area contributed by atoms with E-state index in [1.807, 2.05) is 0 Å². The summed E-state index contributed by atoms with van der Waals surface area (Å²) in [6, 6.07) is -1.96. The second-order valence-corrected chi connectivity index (χ2v) is 2.21. The molecule has 0 saturated heterocycles. The van der Waals surface area contributed by atoms with Gasteiger partial charge in [0, 0.05) is 6.42 Å². The maximum absolute atomic E-state index is 12.1. The highest BCUT2D eigenvalue weighted by atomic mass is 19.3. The van der Waals surface area contributed by atoms with Crippen LogP contribution in [0.25, 0.3) is 0 Å². The van der Waals surface area contributed by atoms with Crippen LogP contribution in [-0.2, 0) is 4.79 Å². The van der Waals surface area contributed by atoms with Gasteiger partial charge in [-0.2, -0.15) is 0 Å². The molecule has 0 fully saturated rings. The van der Waals surface area contributed by atoms with Crippen molar-refractivity contribution in [3.05, 3.63) is 0 Å². The predicted molar refractivity (Wildman–Crippen MR) is 31.2 cm³/mol. The Morgan fingerprint density at radius 3 is 2.17 bits per heavy atom. The molecule has 0 aliphatic carbocycles. The number of nitrogens with two attached hydrogens (primary N) is 1. The van der Waals surface area contributed by atoms with Gasteiger partial charge in [0.05, 0.1) is 0 Å². The normalized spacial score (nSPS) is 14.8. The van der Waals surface area contributed by atoms with Crippen molar-refractivity contribution in [3.63, 3.8) is 0 Å². The van der Waals surface area contributed by atoms with Crippen molar-refractivity contribution in [2.24, 2.45) is 5.73 Å². The van der Waals surface area contributed by atoms with E-state index in [9.17, 15) is 22.4 Å². The molecule has 12 heavy (non-hydrogen) atoms. The number of carbonyl (C=O) groups is 1. The van der Waals surface area contributed by atoms with E-state index in [1.165, 1.54) is 0 Å². The Kier molecular flexibility index (Phi) is 3.44. The summed E-state index contributed by atoms with van der Waals surface area (Å²) in [5, 5.41) is 8.02. The molecule has 0 bridgehead atoms. The van der Waals surface area contributed by atoms with Crippen molar-refractivity contribution in [2.45, 2.75) is 24.8 Å². The molecule has 0 aromatic rings. The van der Waals surface area contributed by atoms with Gasteiger partial charge < -0.3 is 10.8 Å². The van der Waals surface area contributed by atoms with Crippen LogP contribution in [0.1, 0.15) is 6.42 Å². The number of rotatable bonds is 4. The van der Waals surface area contributed by atoms with Gasteiger partial charge in [-0.25, -0.2) is 17.6 Å². The topological polar surface area (TPSA) is 63.3 Å². The standard InChI is InChI=1S/C5H7F4NO2/c6-4(7)5(8,9)1-2(10)3(11)12/h2,4H,1,10H2,(H,11,12)/t2-/m1/s1.